The lowest BCUT2D eigenvalue weighted by Gasteiger charge is -2.21. The number of aryl methyl sites for hydroxylation is 1. The maximum absolute atomic E-state index is 5.91. The van der Waals surface area contributed by atoms with Gasteiger partial charge in [0.1, 0.15) is 12.4 Å². The monoisotopic (exact) mass is 362 g/mol. The highest BCUT2D eigenvalue weighted by Crippen LogP contribution is 2.20. The number of nitrogens with one attached hydrogen (secondary N) is 2. The Labute approximate surface area is 158 Å². The number of ether oxygens (including phenoxy) is 2. The van der Waals surface area contributed by atoms with Crippen molar-refractivity contribution in [3.8, 4) is 5.75 Å². The zero-order chi connectivity index (χ0) is 18.8. The van der Waals surface area contributed by atoms with Gasteiger partial charge in [-0.25, -0.2) is 0 Å². The van der Waals surface area contributed by atoms with E-state index < -0.39 is 0 Å². The standard InChI is InChI=1S/C20H34N4O2/c1-5-25-11-12-26-19-13-16(2)8-9-17(19)14-22-20(21-3)23-15-18-7-6-10-24(18)4/h8-9,13,18H,5-7,10-12,14-15H2,1-4H3,(H2,21,22,23). The molecule has 0 bridgehead atoms. The fourth-order valence-corrected chi connectivity index (χ4v) is 3.15. The van der Waals surface area contributed by atoms with Gasteiger partial charge in [-0.3, -0.25) is 4.99 Å². The Morgan fingerprint density at radius 2 is 2.15 bits per heavy atom. The van der Waals surface area contributed by atoms with Crippen molar-refractivity contribution in [3.05, 3.63) is 29.3 Å². The van der Waals surface area contributed by atoms with Crippen molar-refractivity contribution >= 4 is 5.96 Å². The fraction of sp³-hybridized carbons (Fsp3) is 0.650. The minimum Gasteiger partial charge on any atom is -0.491 e. The van der Waals surface area contributed by atoms with E-state index in [0.29, 0.717) is 32.4 Å². The molecule has 1 saturated heterocycles. The van der Waals surface area contributed by atoms with E-state index in [-0.39, 0.29) is 0 Å². The molecule has 0 amide bonds. The van der Waals surface area contributed by atoms with Crippen LogP contribution in [0.15, 0.2) is 23.2 Å². The van der Waals surface area contributed by atoms with Crippen LogP contribution in [0.1, 0.15) is 30.9 Å². The van der Waals surface area contributed by atoms with Crippen LogP contribution in [0.25, 0.3) is 0 Å². The summed E-state index contributed by atoms with van der Waals surface area (Å²) in [5, 5.41) is 6.83. The Morgan fingerprint density at radius 3 is 2.85 bits per heavy atom. The van der Waals surface area contributed by atoms with Crippen molar-refractivity contribution in [2.24, 2.45) is 4.99 Å². The summed E-state index contributed by atoms with van der Waals surface area (Å²) < 4.78 is 11.3. The lowest BCUT2D eigenvalue weighted by atomic mass is 10.1. The maximum atomic E-state index is 5.91. The SMILES string of the molecule is CCOCCOc1cc(C)ccc1CNC(=NC)NCC1CCCN1C. The van der Waals surface area contributed by atoms with E-state index in [1.165, 1.54) is 24.9 Å². The third-order valence-electron chi connectivity index (χ3n) is 4.76. The molecule has 1 fully saturated rings. The molecule has 1 atom stereocenters. The summed E-state index contributed by atoms with van der Waals surface area (Å²) in [6.45, 7) is 8.72. The second-order valence-electron chi connectivity index (χ2n) is 6.74. The number of aliphatic imine (C=N–C) groups is 1. The molecule has 146 valence electrons. The number of guanidine groups is 1. The second-order valence-corrected chi connectivity index (χ2v) is 6.74. The van der Waals surface area contributed by atoms with Gasteiger partial charge in [-0.15, -0.1) is 0 Å². The Kier molecular flexibility index (Phi) is 8.71. The average Bonchev–Trinajstić information content (AvgIpc) is 3.05. The molecule has 0 aromatic heterocycles. The summed E-state index contributed by atoms with van der Waals surface area (Å²) in [6.07, 6.45) is 2.52. The summed E-state index contributed by atoms with van der Waals surface area (Å²) in [7, 11) is 4.00. The number of hydrogen-bond donors (Lipinski definition) is 2. The lowest BCUT2D eigenvalue weighted by Crippen LogP contribution is -2.43. The second kappa shape index (κ2) is 11.0. The van der Waals surface area contributed by atoms with E-state index in [1.807, 2.05) is 14.0 Å². The molecule has 26 heavy (non-hydrogen) atoms. The van der Waals surface area contributed by atoms with E-state index in [2.05, 4.69) is 52.7 Å². The fourth-order valence-electron chi connectivity index (χ4n) is 3.15. The zero-order valence-electron chi connectivity index (χ0n) is 16.7. The molecule has 0 radical (unpaired) electrons. The third-order valence-corrected chi connectivity index (χ3v) is 4.76. The molecule has 1 aromatic carbocycles. The number of likely N-dealkylation sites (N-methyl/N-ethyl adjacent to an activating group) is 1. The van der Waals surface area contributed by atoms with Gasteiger partial charge in [0.05, 0.1) is 6.61 Å². The summed E-state index contributed by atoms with van der Waals surface area (Å²) in [6, 6.07) is 6.88. The van der Waals surface area contributed by atoms with Crippen LogP contribution in [-0.4, -0.2) is 63.9 Å². The van der Waals surface area contributed by atoms with Gasteiger partial charge < -0.3 is 25.0 Å². The Morgan fingerprint density at radius 1 is 1.31 bits per heavy atom. The van der Waals surface area contributed by atoms with Crippen molar-refractivity contribution < 1.29 is 9.47 Å². The first-order valence-electron chi connectivity index (χ1n) is 9.58. The van der Waals surface area contributed by atoms with Crippen LogP contribution < -0.4 is 15.4 Å². The first-order chi connectivity index (χ1) is 12.6. The number of rotatable bonds is 9. The van der Waals surface area contributed by atoms with E-state index in [9.17, 15) is 0 Å². The van der Waals surface area contributed by atoms with Gasteiger partial charge in [0, 0.05) is 38.3 Å². The number of hydrogen-bond acceptors (Lipinski definition) is 4. The Bertz CT molecular complexity index is 577. The van der Waals surface area contributed by atoms with E-state index in [1.54, 1.807) is 0 Å². The molecule has 0 aliphatic carbocycles. The minimum absolute atomic E-state index is 0.561. The van der Waals surface area contributed by atoms with Gasteiger partial charge in [0.15, 0.2) is 5.96 Å². The topological polar surface area (TPSA) is 58.1 Å². The molecule has 2 rings (SSSR count). The Hall–Kier alpha value is -1.79. The summed E-state index contributed by atoms with van der Waals surface area (Å²) in [5.74, 6) is 1.73. The van der Waals surface area contributed by atoms with Gasteiger partial charge in [-0.05, 0) is 51.9 Å². The van der Waals surface area contributed by atoms with E-state index in [0.717, 1.165) is 23.8 Å². The molecule has 0 saturated carbocycles. The molecule has 2 N–H and O–H groups in total. The van der Waals surface area contributed by atoms with Crippen LogP contribution in [0, 0.1) is 6.92 Å². The smallest absolute Gasteiger partial charge is 0.191 e. The van der Waals surface area contributed by atoms with E-state index >= 15 is 0 Å². The number of likely N-dealkylation sites (tertiary alicyclic amines) is 1. The average molecular weight is 363 g/mol. The van der Waals surface area contributed by atoms with Crippen molar-refractivity contribution in [3.63, 3.8) is 0 Å². The minimum atomic E-state index is 0.561. The van der Waals surface area contributed by atoms with Crippen LogP contribution in [0.5, 0.6) is 5.75 Å². The molecule has 1 heterocycles. The van der Waals surface area contributed by atoms with E-state index in [4.69, 9.17) is 9.47 Å². The van der Waals surface area contributed by atoms with Crippen molar-refractivity contribution in [2.75, 3.05) is 47.0 Å². The van der Waals surface area contributed by atoms with Crippen LogP contribution in [-0.2, 0) is 11.3 Å². The van der Waals surface area contributed by atoms with Gasteiger partial charge in [-0.1, -0.05) is 12.1 Å². The predicted octanol–water partition coefficient (Wildman–Crippen LogP) is 2.17. The normalized spacial score (nSPS) is 18.2. The van der Waals surface area contributed by atoms with Gasteiger partial charge in [-0.2, -0.15) is 0 Å². The molecule has 1 aliphatic heterocycles. The highest BCUT2D eigenvalue weighted by atomic mass is 16.5. The van der Waals surface area contributed by atoms with Gasteiger partial charge >= 0.3 is 0 Å². The predicted molar refractivity (Wildman–Crippen MR) is 107 cm³/mol. The largest absolute Gasteiger partial charge is 0.491 e. The van der Waals surface area contributed by atoms with Crippen LogP contribution >= 0.6 is 0 Å². The molecular formula is C20H34N4O2. The number of benzene rings is 1. The molecule has 6 heteroatoms. The van der Waals surface area contributed by atoms with Crippen molar-refractivity contribution in [2.45, 2.75) is 39.3 Å². The summed E-state index contributed by atoms with van der Waals surface area (Å²) in [5.41, 5.74) is 2.31. The molecule has 6 nitrogen and oxygen atoms in total. The lowest BCUT2D eigenvalue weighted by molar-refractivity contribution is 0.110. The van der Waals surface area contributed by atoms with Crippen LogP contribution in [0.4, 0.5) is 0 Å². The summed E-state index contributed by atoms with van der Waals surface area (Å²) in [4.78, 5) is 6.75. The quantitative estimate of drug-likeness (QED) is 0.401. The highest BCUT2D eigenvalue weighted by molar-refractivity contribution is 5.79. The first kappa shape index (κ1) is 20.5. The molecule has 1 aliphatic rings. The maximum Gasteiger partial charge on any atom is 0.191 e. The van der Waals surface area contributed by atoms with Crippen molar-refractivity contribution in [1.29, 1.82) is 0 Å². The third kappa shape index (κ3) is 6.50. The molecule has 0 spiro atoms. The van der Waals surface area contributed by atoms with Crippen molar-refractivity contribution in [1.82, 2.24) is 15.5 Å². The molecular weight excluding hydrogens is 328 g/mol. The molecule has 1 unspecified atom stereocenters. The highest BCUT2D eigenvalue weighted by Gasteiger charge is 2.20. The van der Waals surface area contributed by atoms with Gasteiger partial charge in [0.25, 0.3) is 0 Å². The zero-order valence-corrected chi connectivity index (χ0v) is 16.7. The number of nitrogens with zero attached hydrogens (tertiary/aromatic N) is 2. The Balaban J connectivity index is 1.85. The molecule has 1 aromatic rings. The first-order valence-corrected chi connectivity index (χ1v) is 9.58. The summed E-state index contributed by atoms with van der Waals surface area (Å²) >= 11 is 0. The van der Waals surface area contributed by atoms with Gasteiger partial charge in [0.2, 0.25) is 0 Å². The van der Waals surface area contributed by atoms with Crippen LogP contribution in [0.2, 0.25) is 0 Å². The van der Waals surface area contributed by atoms with Crippen LogP contribution in [0.3, 0.4) is 0 Å².